The fourth-order valence-electron chi connectivity index (χ4n) is 0.863. The van der Waals surface area contributed by atoms with Gasteiger partial charge in [-0.05, 0) is 28.8 Å². The van der Waals surface area contributed by atoms with Crippen molar-refractivity contribution >= 4 is 11.1 Å². The summed E-state index contributed by atoms with van der Waals surface area (Å²) in [6.07, 6.45) is 0. The quantitative estimate of drug-likeness (QED) is 0.662. The summed E-state index contributed by atoms with van der Waals surface area (Å²) in [5.41, 5.74) is 0.965. The highest BCUT2D eigenvalue weighted by atomic mass is 32.2. The molecule has 0 aromatic heterocycles. The van der Waals surface area contributed by atoms with Crippen molar-refractivity contribution in [1.82, 2.24) is 0 Å². The minimum Gasteiger partial charge on any atom is -0.768 e. The molecule has 0 fully saturated rings. The molecule has 0 saturated heterocycles. The average Bonchev–Trinajstić information content (AvgIpc) is 2.06. The summed E-state index contributed by atoms with van der Waals surface area (Å²) in [5, 5.41) is 0. The lowest BCUT2D eigenvalue weighted by atomic mass is 10.2. The third-order valence-electron chi connectivity index (χ3n) is 1.43. The lowest BCUT2D eigenvalue weighted by molar-refractivity contribution is 0.185. The smallest absolute Gasteiger partial charge is 0.0713 e. The van der Waals surface area contributed by atoms with E-state index in [1.165, 1.54) is 0 Å². The first-order chi connectivity index (χ1) is 5.74. The predicted molar refractivity (Wildman–Crippen MR) is 44.3 cm³/mol. The molecule has 0 saturated carbocycles. The van der Waals surface area contributed by atoms with Crippen LogP contribution in [-0.4, -0.2) is 15.9 Å². The zero-order valence-electron chi connectivity index (χ0n) is 6.65. The van der Waals surface area contributed by atoms with Gasteiger partial charge >= 0.3 is 0 Å². The van der Waals surface area contributed by atoms with Crippen molar-refractivity contribution in [3.05, 3.63) is 29.8 Å². The van der Waals surface area contributed by atoms with E-state index < -0.39 is 11.1 Å². The number of ether oxygens (including phenoxy) is 1. The molecule has 1 aromatic rings. The highest BCUT2D eigenvalue weighted by molar-refractivity contribution is 7.79. The molecule has 1 rings (SSSR count). The summed E-state index contributed by atoms with van der Waals surface area (Å²) >= 11 is -2.13. The van der Waals surface area contributed by atoms with E-state index in [4.69, 9.17) is 4.74 Å². The van der Waals surface area contributed by atoms with Gasteiger partial charge in [0.2, 0.25) is 0 Å². The molecule has 0 aliphatic heterocycles. The van der Waals surface area contributed by atoms with Gasteiger partial charge in [-0.1, -0.05) is 12.1 Å². The van der Waals surface area contributed by atoms with E-state index in [1.54, 1.807) is 31.4 Å². The van der Waals surface area contributed by atoms with Crippen molar-refractivity contribution in [1.29, 1.82) is 0 Å². The van der Waals surface area contributed by atoms with Crippen molar-refractivity contribution in [3.8, 4) is 0 Å². The van der Waals surface area contributed by atoms with Crippen LogP contribution in [0, 0.1) is 0 Å². The molecular formula is C8H9O3S-. The van der Waals surface area contributed by atoms with Crippen LogP contribution in [0.15, 0.2) is 29.2 Å². The molecule has 0 amide bonds. The van der Waals surface area contributed by atoms with E-state index in [-0.39, 0.29) is 0 Å². The largest absolute Gasteiger partial charge is 0.768 e. The van der Waals surface area contributed by atoms with Gasteiger partial charge < -0.3 is 9.29 Å². The molecule has 0 radical (unpaired) electrons. The van der Waals surface area contributed by atoms with Gasteiger partial charge in [0.1, 0.15) is 0 Å². The number of rotatable bonds is 3. The first-order valence-electron chi connectivity index (χ1n) is 3.41. The van der Waals surface area contributed by atoms with E-state index in [2.05, 4.69) is 0 Å². The average molecular weight is 185 g/mol. The number of methoxy groups -OCH3 is 1. The van der Waals surface area contributed by atoms with Crippen LogP contribution < -0.4 is 0 Å². The Morgan fingerprint density at radius 2 is 2.00 bits per heavy atom. The Kier molecular flexibility index (Phi) is 3.40. The Bertz CT molecular complexity index is 268. The lowest BCUT2D eigenvalue weighted by Crippen LogP contribution is -1.91. The van der Waals surface area contributed by atoms with E-state index in [1.807, 2.05) is 0 Å². The number of benzene rings is 1. The van der Waals surface area contributed by atoms with Gasteiger partial charge in [0.15, 0.2) is 0 Å². The second-order valence-electron chi connectivity index (χ2n) is 2.31. The molecule has 0 bridgehead atoms. The van der Waals surface area contributed by atoms with Crippen molar-refractivity contribution in [2.75, 3.05) is 7.11 Å². The SMILES string of the molecule is COCc1ccc(S(=O)[O-])cc1. The van der Waals surface area contributed by atoms with E-state index >= 15 is 0 Å². The second kappa shape index (κ2) is 4.35. The van der Waals surface area contributed by atoms with Crippen LogP contribution in [0.25, 0.3) is 0 Å². The number of hydrogen-bond acceptors (Lipinski definition) is 3. The monoisotopic (exact) mass is 185 g/mol. The van der Waals surface area contributed by atoms with Gasteiger partial charge in [-0.15, -0.1) is 0 Å². The van der Waals surface area contributed by atoms with Crippen molar-refractivity contribution in [3.63, 3.8) is 0 Å². The maximum Gasteiger partial charge on any atom is 0.0713 e. The molecule has 0 heterocycles. The van der Waals surface area contributed by atoms with Crippen LogP contribution in [0.2, 0.25) is 0 Å². The zero-order valence-corrected chi connectivity index (χ0v) is 7.47. The Balaban J connectivity index is 2.78. The van der Waals surface area contributed by atoms with Gasteiger partial charge in [0.25, 0.3) is 0 Å². The van der Waals surface area contributed by atoms with Crippen molar-refractivity contribution in [2.24, 2.45) is 0 Å². The molecule has 0 aliphatic carbocycles. The molecule has 0 N–H and O–H groups in total. The first-order valence-corrected chi connectivity index (χ1v) is 4.48. The van der Waals surface area contributed by atoms with Crippen LogP contribution in [0.3, 0.4) is 0 Å². The molecule has 66 valence electrons. The van der Waals surface area contributed by atoms with Gasteiger partial charge in [-0.25, -0.2) is 0 Å². The maximum absolute atomic E-state index is 10.4. The van der Waals surface area contributed by atoms with E-state index in [0.29, 0.717) is 11.5 Å². The highest BCUT2D eigenvalue weighted by Crippen LogP contribution is 2.07. The van der Waals surface area contributed by atoms with Crippen LogP contribution in [0.1, 0.15) is 5.56 Å². The molecule has 4 heteroatoms. The lowest BCUT2D eigenvalue weighted by Gasteiger charge is -2.05. The molecule has 3 nitrogen and oxygen atoms in total. The summed E-state index contributed by atoms with van der Waals surface area (Å²) < 4.78 is 25.8. The van der Waals surface area contributed by atoms with Crippen molar-refractivity contribution in [2.45, 2.75) is 11.5 Å². The van der Waals surface area contributed by atoms with Gasteiger partial charge in [0.05, 0.1) is 6.61 Å². The van der Waals surface area contributed by atoms with Crippen LogP contribution >= 0.6 is 0 Å². The Morgan fingerprint density at radius 1 is 1.42 bits per heavy atom. The number of hydrogen-bond donors (Lipinski definition) is 0. The fraction of sp³-hybridized carbons (Fsp3) is 0.250. The van der Waals surface area contributed by atoms with Gasteiger partial charge in [0, 0.05) is 12.0 Å². The summed E-state index contributed by atoms with van der Waals surface area (Å²) in [4.78, 5) is 0.301. The summed E-state index contributed by atoms with van der Waals surface area (Å²) in [6, 6.07) is 6.57. The summed E-state index contributed by atoms with van der Waals surface area (Å²) in [6.45, 7) is 0.506. The molecular weight excluding hydrogens is 176 g/mol. The normalized spacial score (nSPS) is 12.8. The highest BCUT2D eigenvalue weighted by Gasteiger charge is 1.93. The molecule has 0 spiro atoms. The zero-order chi connectivity index (χ0) is 8.97. The third-order valence-corrected chi connectivity index (χ3v) is 2.08. The van der Waals surface area contributed by atoms with Crippen LogP contribution in [0.5, 0.6) is 0 Å². The topological polar surface area (TPSA) is 49.4 Å². The summed E-state index contributed by atoms with van der Waals surface area (Å²) in [7, 11) is 1.60. The maximum atomic E-state index is 10.4. The Labute approximate surface area is 73.7 Å². The van der Waals surface area contributed by atoms with Gasteiger partial charge in [-0.3, -0.25) is 4.21 Å². The predicted octanol–water partition coefficient (Wildman–Crippen LogP) is 1.07. The second-order valence-corrected chi connectivity index (χ2v) is 3.25. The molecule has 1 unspecified atom stereocenters. The minimum atomic E-state index is -2.13. The summed E-state index contributed by atoms with van der Waals surface area (Å²) in [5.74, 6) is 0. The molecule has 1 aromatic carbocycles. The Morgan fingerprint density at radius 3 is 2.42 bits per heavy atom. The third kappa shape index (κ3) is 2.41. The molecule has 1 atom stereocenters. The van der Waals surface area contributed by atoms with E-state index in [0.717, 1.165) is 5.56 Å². The Hall–Kier alpha value is -0.710. The van der Waals surface area contributed by atoms with Crippen LogP contribution in [0.4, 0.5) is 0 Å². The van der Waals surface area contributed by atoms with Crippen LogP contribution in [-0.2, 0) is 22.4 Å². The first kappa shape index (κ1) is 9.38. The van der Waals surface area contributed by atoms with Crippen molar-refractivity contribution < 1.29 is 13.5 Å². The molecule has 12 heavy (non-hydrogen) atoms. The minimum absolute atomic E-state index is 0.301. The van der Waals surface area contributed by atoms with Gasteiger partial charge in [-0.2, -0.15) is 0 Å². The molecule has 0 aliphatic rings. The van der Waals surface area contributed by atoms with E-state index in [9.17, 15) is 8.76 Å². The fourth-order valence-corrected chi connectivity index (χ4v) is 1.22. The standard InChI is InChI=1S/C8H10O3S/c1-11-6-7-2-4-8(5-3-7)12(9)10/h2-5H,6H2,1H3,(H,9,10)/p-1.